The lowest BCUT2D eigenvalue weighted by molar-refractivity contribution is -0.123. The lowest BCUT2D eigenvalue weighted by Crippen LogP contribution is -2.30. The molecule has 2 fully saturated rings. The molecule has 1 aromatic rings. The van der Waals surface area contributed by atoms with Crippen molar-refractivity contribution < 1.29 is 4.79 Å². The van der Waals surface area contributed by atoms with Gasteiger partial charge in [0.25, 0.3) is 0 Å². The Balaban J connectivity index is 1.48. The first-order valence-electron chi connectivity index (χ1n) is 8.18. The van der Waals surface area contributed by atoms with E-state index in [9.17, 15) is 4.79 Å². The molecule has 0 spiro atoms. The number of fused-ring (bicyclic) bond motifs is 3. The highest BCUT2D eigenvalue weighted by atomic mass is 16.1. The van der Waals surface area contributed by atoms with E-state index >= 15 is 0 Å². The second-order valence-corrected chi connectivity index (χ2v) is 6.85. The Hall–Kier alpha value is -1.15. The highest BCUT2D eigenvalue weighted by molar-refractivity contribution is 5.83. The second kappa shape index (κ2) is 5.00. The smallest absolute Gasteiger partial charge is 0.138 e. The van der Waals surface area contributed by atoms with Crippen LogP contribution < -0.4 is 5.32 Å². The first-order chi connectivity index (χ1) is 9.81. The number of Topliss-reactive ketones (excluding diaryl/α,β-unsaturated/α-hetero) is 1. The summed E-state index contributed by atoms with van der Waals surface area (Å²) in [5.41, 5.74) is 2.92. The maximum Gasteiger partial charge on any atom is 0.138 e. The van der Waals surface area contributed by atoms with Crippen molar-refractivity contribution in [3.63, 3.8) is 0 Å². The predicted molar refractivity (Wildman–Crippen MR) is 79.8 cm³/mol. The van der Waals surface area contributed by atoms with Crippen LogP contribution in [0.2, 0.25) is 0 Å². The third-order valence-corrected chi connectivity index (χ3v) is 5.65. The zero-order chi connectivity index (χ0) is 13.5. The number of carbonyl (C=O) groups excluding carboxylic acids is 1. The summed E-state index contributed by atoms with van der Waals surface area (Å²) >= 11 is 0. The second-order valence-electron chi connectivity index (χ2n) is 6.85. The maximum atomic E-state index is 12.7. The highest BCUT2D eigenvalue weighted by Crippen LogP contribution is 2.39. The molecular formula is C18H23NO. The van der Waals surface area contributed by atoms with E-state index in [4.69, 9.17) is 0 Å². The lowest BCUT2D eigenvalue weighted by Gasteiger charge is -2.27. The minimum Gasteiger partial charge on any atom is -0.310 e. The molecule has 4 unspecified atom stereocenters. The number of benzene rings is 1. The van der Waals surface area contributed by atoms with Crippen molar-refractivity contribution in [3.8, 4) is 0 Å². The molecule has 1 aromatic carbocycles. The van der Waals surface area contributed by atoms with Crippen LogP contribution in [0.15, 0.2) is 24.3 Å². The van der Waals surface area contributed by atoms with Crippen molar-refractivity contribution in [1.82, 2.24) is 5.32 Å². The SMILES string of the molecule is O=C(CC1CCCc2ccccc21)C1CC2CCC1N2. The van der Waals surface area contributed by atoms with Gasteiger partial charge >= 0.3 is 0 Å². The number of rotatable bonds is 3. The van der Waals surface area contributed by atoms with Gasteiger partial charge < -0.3 is 5.32 Å². The van der Waals surface area contributed by atoms with Crippen molar-refractivity contribution in [3.05, 3.63) is 35.4 Å². The van der Waals surface area contributed by atoms with Crippen LogP contribution in [0, 0.1) is 5.92 Å². The van der Waals surface area contributed by atoms with Crippen LogP contribution in [-0.4, -0.2) is 17.9 Å². The Labute approximate surface area is 121 Å². The van der Waals surface area contributed by atoms with E-state index in [0.29, 0.717) is 29.7 Å². The standard InChI is InChI=1S/C18H23NO/c20-18(16-11-14-8-9-17(16)19-14)10-13-6-3-5-12-4-1-2-7-15(12)13/h1-2,4,7,13-14,16-17,19H,3,5-6,8-11H2. The molecule has 106 valence electrons. The summed E-state index contributed by atoms with van der Waals surface area (Å²) in [5, 5.41) is 3.59. The van der Waals surface area contributed by atoms with E-state index in [2.05, 4.69) is 29.6 Å². The van der Waals surface area contributed by atoms with Crippen molar-refractivity contribution in [1.29, 1.82) is 0 Å². The molecule has 0 radical (unpaired) electrons. The third kappa shape index (κ3) is 2.10. The molecule has 3 aliphatic rings. The van der Waals surface area contributed by atoms with Gasteiger partial charge in [0.15, 0.2) is 0 Å². The van der Waals surface area contributed by atoms with Crippen LogP contribution in [0.1, 0.15) is 55.6 Å². The third-order valence-electron chi connectivity index (χ3n) is 5.65. The summed E-state index contributed by atoms with van der Waals surface area (Å²) in [7, 11) is 0. The molecule has 4 rings (SSSR count). The molecule has 0 aromatic heterocycles. The maximum absolute atomic E-state index is 12.7. The van der Waals surface area contributed by atoms with Gasteiger partial charge in [-0.2, -0.15) is 0 Å². The Kier molecular flexibility index (Phi) is 3.14. The Morgan fingerprint density at radius 1 is 1.20 bits per heavy atom. The highest BCUT2D eigenvalue weighted by Gasteiger charge is 2.42. The monoisotopic (exact) mass is 269 g/mol. The molecule has 2 heterocycles. The number of nitrogens with one attached hydrogen (secondary N) is 1. The summed E-state index contributed by atoms with van der Waals surface area (Å²) in [6.45, 7) is 0. The summed E-state index contributed by atoms with van der Waals surface area (Å²) in [6.07, 6.45) is 7.98. The molecule has 2 saturated heterocycles. The molecular weight excluding hydrogens is 246 g/mol. The van der Waals surface area contributed by atoms with Crippen LogP contribution in [0.25, 0.3) is 0 Å². The fourth-order valence-electron chi connectivity index (χ4n) is 4.64. The summed E-state index contributed by atoms with van der Waals surface area (Å²) in [5.74, 6) is 1.31. The molecule has 4 atom stereocenters. The van der Waals surface area contributed by atoms with Gasteiger partial charge in [0.2, 0.25) is 0 Å². The minimum atomic E-state index is 0.308. The first-order valence-corrected chi connectivity index (χ1v) is 8.18. The molecule has 2 aliphatic heterocycles. The summed E-state index contributed by atoms with van der Waals surface area (Å²) in [6, 6.07) is 9.86. The Morgan fingerprint density at radius 3 is 2.90 bits per heavy atom. The fourth-order valence-corrected chi connectivity index (χ4v) is 4.64. The van der Waals surface area contributed by atoms with Gasteiger partial charge in [0.1, 0.15) is 5.78 Å². The van der Waals surface area contributed by atoms with E-state index in [-0.39, 0.29) is 0 Å². The molecule has 2 nitrogen and oxygen atoms in total. The number of aryl methyl sites for hydroxylation is 1. The van der Waals surface area contributed by atoms with E-state index in [0.717, 1.165) is 12.8 Å². The van der Waals surface area contributed by atoms with Gasteiger partial charge in [-0.1, -0.05) is 24.3 Å². The molecule has 1 aliphatic carbocycles. The fraction of sp³-hybridized carbons (Fsp3) is 0.611. The van der Waals surface area contributed by atoms with Crippen LogP contribution >= 0.6 is 0 Å². The zero-order valence-corrected chi connectivity index (χ0v) is 12.0. The summed E-state index contributed by atoms with van der Waals surface area (Å²) < 4.78 is 0. The van der Waals surface area contributed by atoms with E-state index in [1.807, 2.05) is 0 Å². The van der Waals surface area contributed by atoms with E-state index < -0.39 is 0 Å². The molecule has 0 amide bonds. The number of hydrogen-bond acceptors (Lipinski definition) is 2. The zero-order valence-electron chi connectivity index (χ0n) is 12.0. The van der Waals surface area contributed by atoms with Gasteiger partial charge in [-0.15, -0.1) is 0 Å². The predicted octanol–water partition coefficient (Wildman–Crippen LogP) is 3.21. The van der Waals surface area contributed by atoms with Crippen LogP contribution in [0.5, 0.6) is 0 Å². The average Bonchev–Trinajstić information content (AvgIpc) is 3.10. The van der Waals surface area contributed by atoms with Gasteiger partial charge in [-0.25, -0.2) is 0 Å². The minimum absolute atomic E-state index is 0.308. The van der Waals surface area contributed by atoms with Crippen LogP contribution in [0.4, 0.5) is 0 Å². The molecule has 0 saturated carbocycles. The topological polar surface area (TPSA) is 29.1 Å². The Morgan fingerprint density at radius 2 is 2.10 bits per heavy atom. The van der Waals surface area contributed by atoms with E-state index in [1.54, 1.807) is 0 Å². The summed E-state index contributed by atoms with van der Waals surface area (Å²) in [4.78, 5) is 12.7. The van der Waals surface area contributed by atoms with Gasteiger partial charge in [0.05, 0.1) is 0 Å². The largest absolute Gasteiger partial charge is 0.310 e. The van der Waals surface area contributed by atoms with Crippen molar-refractivity contribution >= 4 is 5.78 Å². The van der Waals surface area contributed by atoms with Crippen LogP contribution in [-0.2, 0) is 11.2 Å². The van der Waals surface area contributed by atoms with Crippen molar-refractivity contribution in [2.45, 2.75) is 62.9 Å². The van der Waals surface area contributed by atoms with Gasteiger partial charge in [-0.05, 0) is 55.6 Å². The quantitative estimate of drug-likeness (QED) is 0.913. The van der Waals surface area contributed by atoms with E-state index in [1.165, 1.54) is 43.2 Å². The first kappa shape index (κ1) is 12.6. The lowest BCUT2D eigenvalue weighted by atomic mass is 9.76. The van der Waals surface area contributed by atoms with Gasteiger partial charge in [0, 0.05) is 24.4 Å². The van der Waals surface area contributed by atoms with Crippen molar-refractivity contribution in [2.75, 3.05) is 0 Å². The number of hydrogen-bond donors (Lipinski definition) is 1. The van der Waals surface area contributed by atoms with Crippen molar-refractivity contribution in [2.24, 2.45) is 5.92 Å². The Bertz CT molecular complexity index is 524. The van der Waals surface area contributed by atoms with Crippen LogP contribution in [0.3, 0.4) is 0 Å². The molecule has 2 heteroatoms. The number of ketones is 1. The van der Waals surface area contributed by atoms with Gasteiger partial charge in [-0.3, -0.25) is 4.79 Å². The molecule has 20 heavy (non-hydrogen) atoms. The average molecular weight is 269 g/mol. The molecule has 1 N–H and O–H groups in total. The normalized spacial score (nSPS) is 35.0. The molecule has 2 bridgehead atoms. The number of carbonyl (C=O) groups is 1.